The van der Waals surface area contributed by atoms with Crippen LogP contribution in [0.15, 0.2) is 36.7 Å². The Morgan fingerprint density at radius 3 is 1.88 bits per heavy atom. The lowest BCUT2D eigenvalue weighted by Crippen LogP contribution is -2.17. The summed E-state index contributed by atoms with van der Waals surface area (Å²) in [5, 5.41) is 0. The Labute approximate surface area is 160 Å². The minimum absolute atomic E-state index is 0.723. The first-order chi connectivity index (χ1) is 12.8. The second kappa shape index (κ2) is 10.3. The Morgan fingerprint density at radius 2 is 1.35 bits per heavy atom. The van der Waals surface area contributed by atoms with Crippen LogP contribution < -0.4 is 0 Å². The van der Waals surface area contributed by atoms with E-state index in [9.17, 15) is 4.39 Å². The second-order valence-corrected chi connectivity index (χ2v) is 8.87. The molecule has 0 atom stereocenters. The van der Waals surface area contributed by atoms with Crippen LogP contribution in [0.25, 0.3) is 0 Å². The van der Waals surface area contributed by atoms with E-state index in [1.54, 1.807) is 11.6 Å². The zero-order chi connectivity index (χ0) is 18.2. The first kappa shape index (κ1) is 19.6. The molecule has 0 radical (unpaired) electrons. The summed E-state index contributed by atoms with van der Waals surface area (Å²) in [4.78, 5) is 0. The van der Waals surface area contributed by atoms with Crippen LogP contribution in [-0.2, 0) is 6.42 Å². The molecule has 0 amide bonds. The van der Waals surface area contributed by atoms with E-state index in [1.807, 2.05) is 0 Å². The predicted molar refractivity (Wildman–Crippen MR) is 110 cm³/mol. The summed E-state index contributed by atoms with van der Waals surface area (Å²) in [6.07, 6.45) is 18.4. The molecule has 0 aliphatic heterocycles. The van der Waals surface area contributed by atoms with Crippen LogP contribution in [0, 0.1) is 17.8 Å². The third kappa shape index (κ3) is 5.69. The van der Waals surface area contributed by atoms with E-state index >= 15 is 0 Å². The summed E-state index contributed by atoms with van der Waals surface area (Å²) in [5.74, 6) is 3.46. The number of allylic oxidation sites excluding steroid dienone is 1. The quantitative estimate of drug-likeness (QED) is 0.464. The molecule has 2 aliphatic rings. The Hall–Kier alpha value is -1.11. The minimum Gasteiger partial charge on any atom is -0.216 e. The normalized spacial score (nSPS) is 29.9. The van der Waals surface area contributed by atoms with Crippen LogP contribution in [0.4, 0.5) is 4.39 Å². The van der Waals surface area contributed by atoms with Crippen molar-refractivity contribution in [1.29, 1.82) is 0 Å². The first-order valence-electron chi connectivity index (χ1n) is 11.1. The van der Waals surface area contributed by atoms with Crippen molar-refractivity contribution in [2.75, 3.05) is 0 Å². The summed E-state index contributed by atoms with van der Waals surface area (Å²) in [6.45, 7) is 2.23. The molecule has 0 spiro atoms. The number of rotatable bonds is 7. The van der Waals surface area contributed by atoms with E-state index in [2.05, 4.69) is 31.2 Å². The summed E-state index contributed by atoms with van der Waals surface area (Å²) in [7, 11) is 0. The van der Waals surface area contributed by atoms with E-state index in [0.29, 0.717) is 0 Å². The van der Waals surface area contributed by atoms with Crippen LogP contribution in [0.1, 0.15) is 94.6 Å². The maximum atomic E-state index is 12.1. The van der Waals surface area contributed by atoms with E-state index in [4.69, 9.17) is 0 Å². The molecule has 0 unspecified atom stereocenters. The molecule has 2 fully saturated rings. The molecule has 144 valence electrons. The van der Waals surface area contributed by atoms with Crippen molar-refractivity contribution in [3.63, 3.8) is 0 Å². The minimum atomic E-state index is 0.723. The predicted octanol–water partition coefficient (Wildman–Crippen LogP) is 7.98. The van der Waals surface area contributed by atoms with Gasteiger partial charge in [0.15, 0.2) is 0 Å². The highest BCUT2D eigenvalue weighted by Gasteiger charge is 2.25. The summed E-state index contributed by atoms with van der Waals surface area (Å²) >= 11 is 0. The van der Waals surface area contributed by atoms with Crippen molar-refractivity contribution in [3.05, 3.63) is 47.8 Å². The van der Waals surface area contributed by atoms with Gasteiger partial charge >= 0.3 is 0 Å². The standard InChI is InChI=1S/C25H37F/c1-2-20-11-15-24(16-12-20)25-17-13-23(14-18-25)10-9-22-7-5-21(6-8-22)4-3-19-26/h3,11-12,15-16,19,21-23,25H,2,4-10,13-14,17-18H2,1H3. The third-order valence-corrected chi connectivity index (χ3v) is 7.21. The molecule has 0 nitrogen and oxygen atoms in total. The van der Waals surface area contributed by atoms with Gasteiger partial charge in [-0.3, -0.25) is 0 Å². The molecule has 26 heavy (non-hydrogen) atoms. The van der Waals surface area contributed by atoms with Crippen molar-refractivity contribution < 1.29 is 4.39 Å². The topological polar surface area (TPSA) is 0 Å². The Bertz CT molecular complexity index is 528. The van der Waals surface area contributed by atoms with Gasteiger partial charge in [-0.1, -0.05) is 62.9 Å². The molecule has 1 aromatic rings. The lowest BCUT2D eigenvalue weighted by Gasteiger charge is -2.32. The molecular weight excluding hydrogens is 319 g/mol. The average molecular weight is 357 g/mol. The summed E-state index contributed by atoms with van der Waals surface area (Å²) < 4.78 is 12.1. The van der Waals surface area contributed by atoms with E-state index in [1.165, 1.54) is 69.8 Å². The van der Waals surface area contributed by atoms with Gasteiger partial charge in [0.2, 0.25) is 0 Å². The number of aryl methyl sites for hydroxylation is 1. The van der Waals surface area contributed by atoms with E-state index < -0.39 is 0 Å². The first-order valence-corrected chi connectivity index (χ1v) is 11.1. The monoisotopic (exact) mass is 356 g/mol. The number of halogens is 1. The van der Waals surface area contributed by atoms with E-state index in [-0.39, 0.29) is 0 Å². The van der Waals surface area contributed by atoms with Crippen molar-refractivity contribution in [1.82, 2.24) is 0 Å². The van der Waals surface area contributed by atoms with Crippen molar-refractivity contribution in [3.8, 4) is 0 Å². The number of hydrogen-bond donors (Lipinski definition) is 0. The highest BCUT2D eigenvalue weighted by molar-refractivity contribution is 5.25. The number of hydrogen-bond acceptors (Lipinski definition) is 0. The largest absolute Gasteiger partial charge is 0.216 e. The summed E-state index contributed by atoms with van der Waals surface area (Å²) in [5.41, 5.74) is 3.03. The van der Waals surface area contributed by atoms with Gasteiger partial charge in [0.25, 0.3) is 0 Å². The Morgan fingerprint density at radius 1 is 0.808 bits per heavy atom. The second-order valence-electron chi connectivity index (χ2n) is 8.87. The van der Waals surface area contributed by atoms with Crippen LogP contribution in [0.5, 0.6) is 0 Å². The zero-order valence-electron chi connectivity index (χ0n) is 16.6. The Balaban J connectivity index is 1.34. The van der Waals surface area contributed by atoms with Gasteiger partial charge in [-0.25, -0.2) is 4.39 Å². The SMILES string of the molecule is CCc1ccc(C2CCC(CCC3CCC(CC=CF)CC3)CC2)cc1. The lowest BCUT2D eigenvalue weighted by molar-refractivity contribution is 0.231. The van der Waals surface area contributed by atoms with Gasteiger partial charge in [-0.05, 0) is 86.2 Å². The van der Waals surface area contributed by atoms with Gasteiger partial charge in [0.1, 0.15) is 0 Å². The maximum absolute atomic E-state index is 12.1. The fourth-order valence-electron chi connectivity index (χ4n) is 5.28. The van der Waals surface area contributed by atoms with Gasteiger partial charge in [0, 0.05) is 0 Å². The fraction of sp³-hybridized carbons (Fsp3) is 0.680. The smallest absolute Gasteiger partial charge is 0.0827 e. The van der Waals surface area contributed by atoms with Crippen LogP contribution in [0.2, 0.25) is 0 Å². The van der Waals surface area contributed by atoms with Crippen LogP contribution in [-0.4, -0.2) is 0 Å². The summed E-state index contributed by atoms with van der Waals surface area (Å²) in [6, 6.07) is 9.39. The molecule has 2 saturated carbocycles. The molecule has 0 aromatic heterocycles. The molecule has 0 N–H and O–H groups in total. The lowest BCUT2D eigenvalue weighted by atomic mass is 9.74. The van der Waals surface area contributed by atoms with E-state index in [0.717, 1.165) is 42.8 Å². The molecule has 1 aromatic carbocycles. The highest BCUT2D eigenvalue weighted by atomic mass is 19.1. The Kier molecular flexibility index (Phi) is 7.77. The fourth-order valence-corrected chi connectivity index (χ4v) is 5.28. The van der Waals surface area contributed by atoms with Crippen molar-refractivity contribution >= 4 is 0 Å². The van der Waals surface area contributed by atoms with Gasteiger partial charge in [0.05, 0.1) is 6.33 Å². The molecule has 3 rings (SSSR count). The highest BCUT2D eigenvalue weighted by Crippen LogP contribution is 2.40. The van der Waals surface area contributed by atoms with Gasteiger partial charge < -0.3 is 0 Å². The molecule has 0 heterocycles. The molecule has 2 aliphatic carbocycles. The third-order valence-electron chi connectivity index (χ3n) is 7.21. The van der Waals surface area contributed by atoms with Crippen LogP contribution in [0.3, 0.4) is 0 Å². The zero-order valence-corrected chi connectivity index (χ0v) is 16.6. The van der Waals surface area contributed by atoms with Crippen molar-refractivity contribution in [2.24, 2.45) is 17.8 Å². The van der Waals surface area contributed by atoms with Gasteiger partial charge in [-0.2, -0.15) is 0 Å². The molecule has 0 bridgehead atoms. The molecule has 1 heteroatoms. The molecule has 0 saturated heterocycles. The van der Waals surface area contributed by atoms with Crippen molar-refractivity contribution in [2.45, 2.75) is 89.9 Å². The molecular formula is C25H37F. The number of benzene rings is 1. The maximum Gasteiger partial charge on any atom is 0.0827 e. The van der Waals surface area contributed by atoms with Crippen LogP contribution >= 0.6 is 0 Å². The average Bonchev–Trinajstić information content (AvgIpc) is 2.72. The van der Waals surface area contributed by atoms with Gasteiger partial charge in [-0.15, -0.1) is 0 Å².